The van der Waals surface area contributed by atoms with Gasteiger partial charge >= 0.3 is 0 Å². The van der Waals surface area contributed by atoms with Crippen LogP contribution in [0.3, 0.4) is 0 Å². The van der Waals surface area contributed by atoms with Crippen LogP contribution < -0.4 is 10.7 Å². The Morgan fingerprint density at radius 3 is 2.59 bits per heavy atom. The molecule has 27 heavy (non-hydrogen) atoms. The van der Waals surface area contributed by atoms with Crippen LogP contribution >= 0.6 is 11.8 Å². The second-order valence-electron chi connectivity index (χ2n) is 6.62. The van der Waals surface area contributed by atoms with Gasteiger partial charge in [-0.3, -0.25) is 4.79 Å². The fourth-order valence-corrected chi connectivity index (χ4v) is 4.22. The molecule has 6 nitrogen and oxygen atoms in total. The summed E-state index contributed by atoms with van der Waals surface area (Å²) in [7, 11) is 0. The fraction of sp³-hybridized carbons (Fsp3) is 0.250. The Balaban J connectivity index is 1.59. The number of hydrogen-bond acceptors (Lipinski definition) is 5. The second-order valence-corrected chi connectivity index (χ2v) is 7.73. The summed E-state index contributed by atoms with van der Waals surface area (Å²) in [6.45, 7) is 4.45. The molecular weight excluding hydrogens is 358 g/mol. The number of rotatable bonds is 4. The lowest BCUT2D eigenvalue weighted by Gasteiger charge is -2.32. The van der Waals surface area contributed by atoms with Gasteiger partial charge in [-0.05, 0) is 25.0 Å². The Morgan fingerprint density at radius 2 is 1.85 bits per heavy atom. The second kappa shape index (κ2) is 7.44. The number of nitrogens with zero attached hydrogens (tertiary/aromatic N) is 3. The molecule has 0 unspecified atom stereocenters. The standard InChI is InChI=1S/C20H21N5OS/c1-13-8-10-16(11-9-13)17-18(27-20-23-22-14(2)25(20)24-17)19(26)21-12-15-6-4-3-5-7-15/h3-11,17-18,24H,12H2,1-2H3,(H,21,26)/t17-,18-/m0/s1. The topological polar surface area (TPSA) is 71.8 Å². The highest BCUT2D eigenvalue weighted by molar-refractivity contribution is 8.00. The van der Waals surface area contributed by atoms with Crippen molar-refractivity contribution in [2.24, 2.45) is 0 Å². The highest BCUT2D eigenvalue weighted by Crippen LogP contribution is 2.37. The largest absolute Gasteiger partial charge is 0.351 e. The van der Waals surface area contributed by atoms with E-state index in [4.69, 9.17) is 0 Å². The van der Waals surface area contributed by atoms with Gasteiger partial charge in [-0.15, -0.1) is 10.2 Å². The summed E-state index contributed by atoms with van der Waals surface area (Å²) >= 11 is 1.44. The predicted molar refractivity (Wildman–Crippen MR) is 106 cm³/mol. The van der Waals surface area contributed by atoms with Crippen LogP contribution in [0.5, 0.6) is 0 Å². The summed E-state index contributed by atoms with van der Waals surface area (Å²) in [4.78, 5) is 13.0. The summed E-state index contributed by atoms with van der Waals surface area (Å²) in [5.41, 5.74) is 6.74. The third-order valence-corrected chi connectivity index (χ3v) is 5.82. The van der Waals surface area contributed by atoms with E-state index in [1.807, 2.05) is 41.9 Å². The van der Waals surface area contributed by atoms with Crippen molar-refractivity contribution >= 4 is 17.7 Å². The zero-order valence-corrected chi connectivity index (χ0v) is 16.0. The number of carbonyl (C=O) groups excluding carboxylic acids is 1. The molecule has 0 spiro atoms. The van der Waals surface area contributed by atoms with Crippen molar-refractivity contribution in [3.05, 3.63) is 77.1 Å². The van der Waals surface area contributed by atoms with Crippen molar-refractivity contribution in [3.8, 4) is 0 Å². The monoisotopic (exact) mass is 379 g/mol. The van der Waals surface area contributed by atoms with E-state index in [0.29, 0.717) is 11.7 Å². The van der Waals surface area contributed by atoms with Gasteiger partial charge in [-0.1, -0.05) is 71.9 Å². The van der Waals surface area contributed by atoms with Gasteiger partial charge in [0.05, 0.1) is 6.04 Å². The molecule has 0 radical (unpaired) electrons. The van der Waals surface area contributed by atoms with Gasteiger partial charge in [0, 0.05) is 6.54 Å². The molecule has 2 heterocycles. The number of fused-ring (bicyclic) bond motifs is 1. The van der Waals surface area contributed by atoms with Crippen LogP contribution in [0.15, 0.2) is 59.8 Å². The third-order valence-electron chi connectivity index (χ3n) is 4.60. The first-order valence-corrected chi connectivity index (χ1v) is 9.73. The zero-order valence-electron chi connectivity index (χ0n) is 15.2. The molecule has 7 heteroatoms. The predicted octanol–water partition coefficient (Wildman–Crippen LogP) is 2.97. The van der Waals surface area contributed by atoms with Crippen molar-refractivity contribution in [1.82, 2.24) is 20.2 Å². The first-order chi connectivity index (χ1) is 13.1. The van der Waals surface area contributed by atoms with Crippen LogP contribution in [0.2, 0.25) is 0 Å². The van der Waals surface area contributed by atoms with E-state index >= 15 is 0 Å². The van der Waals surface area contributed by atoms with E-state index in [2.05, 4.69) is 52.1 Å². The van der Waals surface area contributed by atoms with E-state index in [0.717, 1.165) is 17.0 Å². The molecule has 0 aliphatic carbocycles. The SMILES string of the molecule is Cc1ccc([C@@H]2Nn3c(C)nnc3S[C@@H]2C(=O)NCc2ccccc2)cc1. The molecule has 3 aromatic rings. The molecule has 0 fully saturated rings. The minimum absolute atomic E-state index is 0.0196. The average molecular weight is 379 g/mol. The van der Waals surface area contributed by atoms with E-state index < -0.39 is 0 Å². The first kappa shape index (κ1) is 17.6. The van der Waals surface area contributed by atoms with Crippen LogP contribution in [0.25, 0.3) is 0 Å². The van der Waals surface area contributed by atoms with Crippen molar-refractivity contribution < 1.29 is 4.79 Å². The van der Waals surface area contributed by atoms with E-state index in [9.17, 15) is 4.79 Å². The van der Waals surface area contributed by atoms with E-state index in [1.165, 1.54) is 17.3 Å². The number of amides is 1. The van der Waals surface area contributed by atoms with Gasteiger partial charge in [-0.25, -0.2) is 4.68 Å². The number of benzene rings is 2. The highest BCUT2D eigenvalue weighted by Gasteiger charge is 2.37. The minimum atomic E-state index is -0.340. The lowest BCUT2D eigenvalue weighted by atomic mass is 10.0. The van der Waals surface area contributed by atoms with Crippen LogP contribution in [0, 0.1) is 13.8 Å². The molecule has 4 rings (SSSR count). The molecule has 0 saturated carbocycles. The minimum Gasteiger partial charge on any atom is -0.351 e. The fourth-order valence-electron chi connectivity index (χ4n) is 3.07. The number of aryl methyl sites for hydroxylation is 2. The van der Waals surface area contributed by atoms with Crippen LogP contribution in [-0.4, -0.2) is 26.0 Å². The Labute approximate surface area is 162 Å². The maximum atomic E-state index is 13.0. The smallest absolute Gasteiger partial charge is 0.236 e. The Morgan fingerprint density at radius 1 is 1.11 bits per heavy atom. The number of thioether (sulfide) groups is 1. The average Bonchev–Trinajstić information content (AvgIpc) is 3.07. The van der Waals surface area contributed by atoms with Gasteiger partial charge in [-0.2, -0.15) is 0 Å². The molecule has 1 aromatic heterocycles. The molecule has 2 atom stereocenters. The number of nitrogens with one attached hydrogen (secondary N) is 2. The van der Waals surface area contributed by atoms with E-state index in [-0.39, 0.29) is 17.2 Å². The maximum absolute atomic E-state index is 13.0. The van der Waals surface area contributed by atoms with Crippen molar-refractivity contribution in [3.63, 3.8) is 0 Å². The Hall–Kier alpha value is -2.80. The summed E-state index contributed by atoms with van der Waals surface area (Å²) < 4.78 is 1.86. The van der Waals surface area contributed by atoms with Gasteiger partial charge < -0.3 is 10.7 Å². The molecule has 0 saturated heterocycles. The van der Waals surface area contributed by atoms with Gasteiger partial charge in [0.25, 0.3) is 0 Å². The lowest BCUT2D eigenvalue weighted by Crippen LogP contribution is -2.44. The van der Waals surface area contributed by atoms with Crippen LogP contribution in [0.1, 0.15) is 28.6 Å². The highest BCUT2D eigenvalue weighted by atomic mass is 32.2. The summed E-state index contributed by atoms with van der Waals surface area (Å²) in [5, 5.41) is 11.7. The third kappa shape index (κ3) is 3.68. The molecule has 1 amide bonds. The molecule has 1 aliphatic rings. The number of hydrogen-bond donors (Lipinski definition) is 2. The van der Waals surface area contributed by atoms with Gasteiger partial charge in [0.2, 0.25) is 11.1 Å². The summed E-state index contributed by atoms with van der Waals surface area (Å²) in [5.74, 6) is 0.756. The van der Waals surface area contributed by atoms with Crippen LogP contribution in [-0.2, 0) is 11.3 Å². The molecule has 138 valence electrons. The molecule has 0 bridgehead atoms. The first-order valence-electron chi connectivity index (χ1n) is 8.85. The normalized spacial score (nSPS) is 18.4. The maximum Gasteiger partial charge on any atom is 0.236 e. The summed E-state index contributed by atoms with van der Waals surface area (Å²) in [6, 6.07) is 18.0. The van der Waals surface area contributed by atoms with E-state index in [1.54, 1.807) is 0 Å². The van der Waals surface area contributed by atoms with Crippen LogP contribution in [0.4, 0.5) is 0 Å². The number of aromatic nitrogens is 3. The molecular formula is C20H21N5OS. The Kier molecular flexibility index (Phi) is 4.85. The van der Waals surface area contributed by atoms with Crippen molar-refractivity contribution in [2.75, 3.05) is 5.43 Å². The lowest BCUT2D eigenvalue weighted by molar-refractivity contribution is -0.121. The number of carbonyl (C=O) groups is 1. The Bertz CT molecular complexity index is 939. The van der Waals surface area contributed by atoms with Crippen molar-refractivity contribution in [2.45, 2.75) is 36.8 Å². The van der Waals surface area contributed by atoms with Gasteiger partial charge in [0.1, 0.15) is 11.1 Å². The molecule has 1 aliphatic heterocycles. The molecule has 2 aromatic carbocycles. The zero-order chi connectivity index (χ0) is 18.8. The molecule has 2 N–H and O–H groups in total. The quantitative estimate of drug-likeness (QED) is 0.729. The van der Waals surface area contributed by atoms with Gasteiger partial charge in [0.15, 0.2) is 0 Å². The summed E-state index contributed by atoms with van der Waals surface area (Å²) in [6.07, 6.45) is 0. The van der Waals surface area contributed by atoms with Crippen molar-refractivity contribution in [1.29, 1.82) is 0 Å².